The van der Waals surface area contributed by atoms with Crippen molar-refractivity contribution in [3.8, 4) is 0 Å². The smallest absolute Gasteiger partial charge is 0.149 e. The van der Waals surface area contributed by atoms with E-state index in [-0.39, 0.29) is 11.7 Å². The Balaban J connectivity index is 3.14. The number of hydrogen-bond donors (Lipinski definition) is 0. The monoisotopic (exact) mass is 335 g/mol. The fourth-order valence-electron chi connectivity index (χ4n) is 1.93. The molecular formula is C14H20BrF2NO. The Kier molecular flexibility index (Phi) is 6.72. The molecule has 0 aliphatic rings. The Morgan fingerprint density at radius 2 is 1.89 bits per heavy atom. The lowest BCUT2D eigenvalue weighted by Crippen LogP contribution is -2.36. The predicted octanol–water partition coefficient (Wildman–Crippen LogP) is 4.11. The normalized spacial score (nSPS) is 12.5. The van der Waals surface area contributed by atoms with Gasteiger partial charge in [-0.3, -0.25) is 0 Å². The number of methoxy groups -OCH3 is 1. The molecule has 0 spiro atoms. The van der Waals surface area contributed by atoms with Crippen LogP contribution in [0.3, 0.4) is 0 Å². The summed E-state index contributed by atoms with van der Waals surface area (Å²) >= 11 is 3.21. The van der Waals surface area contributed by atoms with Crippen LogP contribution in [0.4, 0.5) is 14.5 Å². The van der Waals surface area contributed by atoms with Crippen LogP contribution in [-0.4, -0.2) is 26.3 Å². The molecule has 0 fully saturated rings. The van der Waals surface area contributed by atoms with Gasteiger partial charge in [0, 0.05) is 25.0 Å². The summed E-state index contributed by atoms with van der Waals surface area (Å²) in [6.45, 7) is 4.84. The summed E-state index contributed by atoms with van der Waals surface area (Å²) in [7, 11) is 1.58. The third kappa shape index (κ3) is 4.14. The zero-order valence-corrected chi connectivity index (χ0v) is 13.1. The summed E-state index contributed by atoms with van der Waals surface area (Å²) in [5.41, 5.74) is 0.630. The van der Waals surface area contributed by atoms with E-state index in [4.69, 9.17) is 4.74 Å². The highest BCUT2D eigenvalue weighted by Gasteiger charge is 2.21. The number of rotatable bonds is 7. The zero-order chi connectivity index (χ0) is 14.4. The Hall–Kier alpha value is -0.680. The molecule has 0 heterocycles. The molecule has 0 radical (unpaired) electrons. The molecule has 108 valence electrons. The van der Waals surface area contributed by atoms with Gasteiger partial charge in [-0.2, -0.15) is 0 Å². The van der Waals surface area contributed by atoms with E-state index in [1.165, 1.54) is 12.1 Å². The number of benzene rings is 1. The van der Waals surface area contributed by atoms with Gasteiger partial charge in [0.15, 0.2) is 0 Å². The first-order valence-electron chi connectivity index (χ1n) is 6.34. The van der Waals surface area contributed by atoms with Crippen LogP contribution in [0.2, 0.25) is 0 Å². The van der Waals surface area contributed by atoms with E-state index >= 15 is 0 Å². The van der Waals surface area contributed by atoms with Crippen LogP contribution in [0, 0.1) is 11.6 Å². The molecule has 1 atom stereocenters. The van der Waals surface area contributed by atoms with Crippen LogP contribution >= 0.6 is 15.9 Å². The molecule has 1 rings (SSSR count). The fraction of sp³-hybridized carbons (Fsp3) is 0.571. The van der Waals surface area contributed by atoms with Gasteiger partial charge in [0.2, 0.25) is 0 Å². The van der Waals surface area contributed by atoms with Crippen molar-refractivity contribution < 1.29 is 13.5 Å². The average Bonchev–Trinajstić information content (AvgIpc) is 2.40. The van der Waals surface area contributed by atoms with Crippen molar-refractivity contribution in [2.45, 2.75) is 31.6 Å². The third-order valence-corrected chi connectivity index (χ3v) is 3.82. The first-order chi connectivity index (χ1) is 9.04. The van der Waals surface area contributed by atoms with Gasteiger partial charge in [0.05, 0.1) is 6.61 Å². The molecule has 0 bridgehead atoms. The maximum atomic E-state index is 14.1. The number of halogens is 3. The van der Waals surface area contributed by atoms with Gasteiger partial charge in [-0.1, -0.05) is 22.9 Å². The second-order valence-electron chi connectivity index (χ2n) is 4.49. The lowest BCUT2D eigenvalue weighted by atomic mass is 10.1. The molecule has 19 heavy (non-hydrogen) atoms. The lowest BCUT2D eigenvalue weighted by Gasteiger charge is -2.31. The standard InChI is InChI=1S/C14H20BrF2NO/c1-4-10(2)18(5-6-19-3)14-12(16)7-11(9-15)8-13(14)17/h7-8,10H,4-6,9H2,1-3H3. The lowest BCUT2D eigenvalue weighted by molar-refractivity contribution is 0.203. The number of alkyl halides is 1. The fourth-order valence-corrected chi connectivity index (χ4v) is 2.26. The van der Waals surface area contributed by atoms with Crippen molar-refractivity contribution >= 4 is 21.6 Å². The highest BCUT2D eigenvalue weighted by atomic mass is 79.9. The average molecular weight is 336 g/mol. The molecule has 1 aromatic rings. The van der Waals surface area contributed by atoms with E-state index in [9.17, 15) is 8.78 Å². The molecular weight excluding hydrogens is 316 g/mol. The molecule has 5 heteroatoms. The summed E-state index contributed by atoms with van der Waals surface area (Å²) in [6, 6.07) is 2.79. The first kappa shape index (κ1) is 16.4. The molecule has 1 aromatic carbocycles. The Bertz CT molecular complexity index is 391. The molecule has 0 N–H and O–H groups in total. The molecule has 2 nitrogen and oxygen atoms in total. The second kappa shape index (κ2) is 7.80. The van der Waals surface area contributed by atoms with Crippen LogP contribution in [0.25, 0.3) is 0 Å². The maximum Gasteiger partial charge on any atom is 0.149 e. The summed E-state index contributed by atoms with van der Waals surface area (Å²) in [5.74, 6) is -1.04. The van der Waals surface area contributed by atoms with E-state index < -0.39 is 11.6 Å². The van der Waals surface area contributed by atoms with Gasteiger partial charge >= 0.3 is 0 Å². The summed E-state index contributed by atoms with van der Waals surface area (Å²) in [4.78, 5) is 1.73. The first-order valence-corrected chi connectivity index (χ1v) is 7.46. The number of anilines is 1. The maximum absolute atomic E-state index is 14.1. The largest absolute Gasteiger partial charge is 0.383 e. The summed E-state index contributed by atoms with van der Waals surface area (Å²) in [6.07, 6.45) is 0.808. The highest BCUT2D eigenvalue weighted by molar-refractivity contribution is 9.08. The third-order valence-electron chi connectivity index (χ3n) is 3.18. The predicted molar refractivity (Wildman–Crippen MR) is 78.0 cm³/mol. The molecule has 0 aromatic heterocycles. The molecule has 0 aliphatic heterocycles. The molecule has 0 saturated carbocycles. The molecule has 0 aliphatic carbocycles. The van der Waals surface area contributed by atoms with E-state index in [1.54, 1.807) is 12.0 Å². The Morgan fingerprint density at radius 3 is 2.32 bits per heavy atom. The minimum absolute atomic E-state index is 0.0381. The van der Waals surface area contributed by atoms with Crippen LogP contribution < -0.4 is 4.90 Å². The van der Waals surface area contributed by atoms with Gasteiger partial charge < -0.3 is 9.64 Å². The number of nitrogens with zero attached hydrogens (tertiary/aromatic N) is 1. The van der Waals surface area contributed by atoms with Crippen LogP contribution in [-0.2, 0) is 10.1 Å². The van der Waals surface area contributed by atoms with E-state index in [1.807, 2.05) is 13.8 Å². The zero-order valence-electron chi connectivity index (χ0n) is 11.5. The Morgan fingerprint density at radius 1 is 1.32 bits per heavy atom. The van der Waals surface area contributed by atoms with E-state index in [2.05, 4.69) is 15.9 Å². The van der Waals surface area contributed by atoms with Crippen molar-refractivity contribution in [3.63, 3.8) is 0 Å². The van der Waals surface area contributed by atoms with Gasteiger partial charge in [-0.15, -0.1) is 0 Å². The van der Waals surface area contributed by atoms with Crippen molar-refractivity contribution in [1.29, 1.82) is 0 Å². The van der Waals surface area contributed by atoms with E-state index in [0.717, 1.165) is 6.42 Å². The molecule has 0 saturated heterocycles. The van der Waals surface area contributed by atoms with Gasteiger partial charge in [-0.25, -0.2) is 8.78 Å². The van der Waals surface area contributed by atoms with Crippen molar-refractivity contribution in [3.05, 3.63) is 29.3 Å². The van der Waals surface area contributed by atoms with Crippen molar-refractivity contribution in [1.82, 2.24) is 0 Å². The summed E-state index contributed by atoms with van der Waals surface area (Å²) in [5, 5.41) is 0.433. The van der Waals surface area contributed by atoms with Crippen LogP contribution in [0.1, 0.15) is 25.8 Å². The van der Waals surface area contributed by atoms with Gasteiger partial charge in [0.1, 0.15) is 17.3 Å². The molecule has 0 amide bonds. The second-order valence-corrected chi connectivity index (χ2v) is 5.05. The van der Waals surface area contributed by atoms with Gasteiger partial charge in [-0.05, 0) is 31.0 Å². The quantitative estimate of drug-likeness (QED) is 0.695. The SMILES string of the molecule is CCC(C)N(CCOC)c1c(F)cc(CBr)cc1F. The number of hydrogen-bond acceptors (Lipinski definition) is 2. The topological polar surface area (TPSA) is 12.5 Å². The van der Waals surface area contributed by atoms with Gasteiger partial charge in [0.25, 0.3) is 0 Å². The minimum atomic E-state index is -0.522. The van der Waals surface area contributed by atoms with Crippen LogP contribution in [0.15, 0.2) is 12.1 Å². The Labute approximate surface area is 121 Å². The minimum Gasteiger partial charge on any atom is -0.383 e. The van der Waals surface area contributed by atoms with Crippen molar-refractivity contribution in [2.75, 3.05) is 25.2 Å². The number of ether oxygens (including phenoxy) is 1. The van der Waals surface area contributed by atoms with E-state index in [0.29, 0.717) is 24.0 Å². The summed E-state index contributed by atoms with van der Waals surface area (Å²) < 4.78 is 33.3. The highest BCUT2D eigenvalue weighted by Crippen LogP contribution is 2.28. The van der Waals surface area contributed by atoms with Crippen molar-refractivity contribution in [2.24, 2.45) is 0 Å². The van der Waals surface area contributed by atoms with Crippen LogP contribution in [0.5, 0.6) is 0 Å². The molecule has 1 unspecified atom stereocenters.